The van der Waals surface area contributed by atoms with Gasteiger partial charge in [0.05, 0.1) is 25.8 Å². The third-order valence-electron chi connectivity index (χ3n) is 4.09. The van der Waals surface area contributed by atoms with Gasteiger partial charge in [-0.15, -0.1) is 35.3 Å². The summed E-state index contributed by atoms with van der Waals surface area (Å²) in [6, 6.07) is 4.89. The predicted molar refractivity (Wildman–Crippen MR) is 103 cm³/mol. The molecular weight excluding hydrogens is 411 g/mol. The molecule has 2 aliphatic rings. The van der Waals surface area contributed by atoms with Crippen molar-refractivity contribution in [2.75, 3.05) is 53.0 Å². The number of aliphatic imine (C=N–C) groups is 1. The molecule has 0 aliphatic carbocycles. The van der Waals surface area contributed by atoms with Crippen molar-refractivity contribution in [1.29, 1.82) is 0 Å². The summed E-state index contributed by atoms with van der Waals surface area (Å²) in [6.07, 6.45) is 0. The number of ether oxygens (including phenoxy) is 1. The topological polar surface area (TPSA) is 40.1 Å². The second kappa shape index (κ2) is 8.47. The largest absolute Gasteiger partial charge is 0.379 e. The van der Waals surface area contributed by atoms with Crippen LogP contribution in [0.2, 0.25) is 0 Å². The summed E-state index contributed by atoms with van der Waals surface area (Å²) in [4.78, 5) is 12.0. The Morgan fingerprint density at radius 1 is 1.32 bits per heavy atom. The van der Waals surface area contributed by atoms with Crippen LogP contribution in [0.5, 0.6) is 0 Å². The molecule has 1 N–H and O–H groups in total. The number of nitrogens with zero attached hydrogens (tertiary/aromatic N) is 3. The Kier molecular flexibility index (Phi) is 6.91. The highest BCUT2D eigenvalue weighted by molar-refractivity contribution is 14.0. The second-order valence-electron chi connectivity index (χ2n) is 5.62. The SMILES string of the molecule is Cc1ccc(C(CNC2=NCCN2C)N2CCOCC2)s1.I. The summed E-state index contributed by atoms with van der Waals surface area (Å²) in [5.41, 5.74) is 0. The van der Waals surface area contributed by atoms with E-state index in [-0.39, 0.29) is 24.0 Å². The van der Waals surface area contributed by atoms with Gasteiger partial charge in [0.15, 0.2) is 5.96 Å². The molecule has 0 aromatic carbocycles. The van der Waals surface area contributed by atoms with E-state index in [1.54, 1.807) is 0 Å². The lowest BCUT2D eigenvalue weighted by atomic mass is 10.2. The van der Waals surface area contributed by atoms with Gasteiger partial charge >= 0.3 is 0 Å². The summed E-state index contributed by atoms with van der Waals surface area (Å²) in [5, 5.41) is 3.54. The molecule has 0 radical (unpaired) electrons. The number of hydrogen-bond acceptors (Lipinski definition) is 6. The van der Waals surface area contributed by atoms with Crippen LogP contribution in [0.4, 0.5) is 0 Å². The molecular formula is C15H25IN4OS. The molecule has 1 saturated heterocycles. The third kappa shape index (κ3) is 4.33. The van der Waals surface area contributed by atoms with Gasteiger partial charge in [0.2, 0.25) is 0 Å². The maximum atomic E-state index is 5.50. The van der Waals surface area contributed by atoms with Crippen molar-refractivity contribution in [3.05, 3.63) is 21.9 Å². The quantitative estimate of drug-likeness (QED) is 0.733. The first kappa shape index (κ1) is 18.0. The monoisotopic (exact) mass is 436 g/mol. The molecule has 3 heterocycles. The van der Waals surface area contributed by atoms with Crippen LogP contribution in [0.15, 0.2) is 17.1 Å². The van der Waals surface area contributed by atoms with Gasteiger partial charge in [0, 0.05) is 43.0 Å². The minimum atomic E-state index is 0. The van der Waals surface area contributed by atoms with Gasteiger partial charge in [0.25, 0.3) is 0 Å². The van der Waals surface area contributed by atoms with Crippen LogP contribution >= 0.6 is 35.3 Å². The van der Waals surface area contributed by atoms with Crippen molar-refractivity contribution in [2.45, 2.75) is 13.0 Å². The average molecular weight is 436 g/mol. The zero-order valence-corrected chi connectivity index (χ0v) is 16.4. The maximum absolute atomic E-state index is 5.50. The van der Waals surface area contributed by atoms with Gasteiger partial charge in [-0.3, -0.25) is 9.89 Å². The van der Waals surface area contributed by atoms with E-state index in [1.807, 2.05) is 11.3 Å². The summed E-state index contributed by atoms with van der Waals surface area (Å²) in [5.74, 6) is 1.03. The number of aryl methyl sites for hydroxylation is 1. The van der Waals surface area contributed by atoms with Gasteiger partial charge in [0.1, 0.15) is 0 Å². The van der Waals surface area contributed by atoms with Crippen molar-refractivity contribution < 1.29 is 4.74 Å². The number of rotatable bonds is 4. The van der Waals surface area contributed by atoms with Crippen LogP contribution in [0.1, 0.15) is 15.8 Å². The molecule has 5 nitrogen and oxygen atoms in total. The second-order valence-corrected chi connectivity index (χ2v) is 6.94. The smallest absolute Gasteiger partial charge is 0.193 e. The van der Waals surface area contributed by atoms with E-state index in [9.17, 15) is 0 Å². The van der Waals surface area contributed by atoms with Crippen molar-refractivity contribution >= 4 is 41.3 Å². The Morgan fingerprint density at radius 3 is 2.68 bits per heavy atom. The lowest BCUT2D eigenvalue weighted by Gasteiger charge is -2.34. The van der Waals surface area contributed by atoms with E-state index >= 15 is 0 Å². The number of guanidine groups is 1. The Balaban J connectivity index is 0.00000176. The van der Waals surface area contributed by atoms with Crippen LogP contribution in [0, 0.1) is 6.92 Å². The Morgan fingerprint density at radius 2 is 2.09 bits per heavy atom. The summed E-state index contributed by atoms with van der Waals surface area (Å²) in [6.45, 7) is 8.68. The molecule has 7 heteroatoms. The predicted octanol–water partition coefficient (Wildman–Crippen LogP) is 1.94. The van der Waals surface area contributed by atoms with Gasteiger partial charge in [-0.05, 0) is 19.1 Å². The zero-order chi connectivity index (χ0) is 14.7. The average Bonchev–Trinajstić information content (AvgIpc) is 3.10. The lowest BCUT2D eigenvalue weighted by Crippen LogP contribution is -2.45. The van der Waals surface area contributed by atoms with Crippen molar-refractivity contribution in [1.82, 2.24) is 15.1 Å². The number of thiophene rings is 1. The molecule has 22 heavy (non-hydrogen) atoms. The molecule has 2 aliphatic heterocycles. The van der Waals surface area contributed by atoms with E-state index in [0.717, 1.165) is 51.9 Å². The van der Waals surface area contributed by atoms with Gasteiger partial charge in [-0.2, -0.15) is 0 Å². The number of halogens is 1. The Bertz CT molecular complexity index is 501. The molecule has 1 atom stereocenters. The van der Waals surface area contributed by atoms with Crippen LogP contribution in [-0.4, -0.2) is 68.7 Å². The summed E-state index contributed by atoms with van der Waals surface area (Å²) in [7, 11) is 2.10. The molecule has 0 saturated carbocycles. The molecule has 0 amide bonds. The molecule has 0 spiro atoms. The number of nitrogens with one attached hydrogen (secondary N) is 1. The lowest BCUT2D eigenvalue weighted by molar-refractivity contribution is 0.0176. The van der Waals surface area contributed by atoms with E-state index in [1.165, 1.54) is 9.75 Å². The fourth-order valence-electron chi connectivity index (χ4n) is 2.84. The highest BCUT2D eigenvalue weighted by Crippen LogP contribution is 2.28. The van der Waals surface area contributed by atoms with Crippen LogP contribution in [0.3, 0.4) is 0 Å². The molecule has 1 fully saturated rings. The van der Waals surface area contributed by atoms with Crippen molar-refractivity contribution in [3.8, 4) is 0 Å². The molecule has 3 rings (SSSR count). The Hall–Kier alpha value is -0.380. The van der Waals surface area contributed by atoms with Crippen molar-refractivity contribution in [2.24, 2.45) is 4.99 Å². The first-order valence-electron chi connectivity index (χ1n) is 7.61. The van der Waals surface area contributed by atoms with Gasteiger partial charge in [-0.1, -0.05) is 0 Å². The number of hydrogen-bond donors (Lipinski definition) is 1. The van der Waals surface area contributed by atoms with E-state index < -0.39 is 0 Å². The van der Waals surface area contributed by atoms with Gasteiger partial charge in [-0.25, -0.2) is 0 Å². The summed E-state index contributed by atoms with van der Waals surface area (Å²) < 4.78 is 5.50. The van der Waals surface area contributed by atoms with Crippen LogP contribution < -0.4 is 5.32 Å². The maximum Gasteiger partial charge on any atom is 0.193 e. The molecule has 0 bridgehead atoms. The zero-order valence-electron chi connectivity index (χ0n) is 13.2. The first-order chi connectivity index (χ1) is 10.2. The minimum Gasteiger partial charge on any atom is -0.379 e. The Labute approximate surface area is 153 Å². The third-order valence-corrected chi connectivity index (χ3v) is 5.19. The standard InChI is InChI=1S/C15H24N4OS.HI/c1-12-3-4-14(21-12)13(19-7-9-20-10-8-19)11-17-15-16-5-6-18(15)2;/h3-4,13H,5-11H2,1-2H3,(H,16,17);1H. The number of likely N-dealkylation sites (N-methyl/N-ethyl adjacent to an activating group) is 1. The van der Waals surface area contributed by atoms with E-state index in [2.05, 4.69) is 46.2 Å². The molecule has 1 aromatic heterocycles. The van der Waals surface area contributed by atoms with E-state index in [4.69, 9.17) is 4.74 Å². The highest BCUT2D eigenvalue weighted by atomic mass is 127. The van der Waals surface area contributed by atoms with Crippen LogP contribution in [-0.2, 0) is 4.74 Å². The minimum absolute atomic E-state index is 0. The van der Waals surface area contributed by atoms with Crippen molar-refractivity contribution in [3.63, 3.8) is 0 Å². The first-order valence-corrected chi connectivity index (χ1v) is 8.43. The van der Waals surface area contributed by atoms with Gasteiger partial charge < -0.3 is 15.0 Å². The molecule has 124 valence electrons. The highest BCUT2D eigenvalue weighted by Gasteiger charge is 2.25. The normalized spacial score (nSPS) is 20.5. The molecule has 1 unspecified atom stereocenters. The van der Waals surface area contributed by atoms with E-state index in [0.29, 0.717) is 6.04 Å². The fourth-order valence-corrected chi connectivity index (χ4v) is 3.86. The summed E-state index contributed by atoms with van der Waals surface area (Å²) >= 11 is 1.90. The van der Waals surface area contributed by atoms with Crippen LogP contribution in [0.25, 0.3) is 0 Å². The molecule has 1 aromatic rings. The fraction of sp³-hybridized carbons (Fsp3) is 0.667. The number of morpholine rings is 1.